The van der Waals surface area contributed by atoms with Crippen molar-refractivity contribution < 1.29 is 8.42 Å². The van der Waals surface area contributed by atoms with Crippen LogP contribution in [0.3, 0.4) is 0 Å². The van der Waals surface area contributed by atoms with E-state index in [1.54, 1.807) is 0 Å². The van der Waals surface area contributed by atoms with Gasteiger partial charge in [-0.25, -0.2) is 23.1 Å². The highest BCUT2D eigenvalue weighted by molar-refractivity contribution is 7.89. The third-order valence-electron chi connectivity index (χ3n) is 2.13. The van der Waals surface area contributed by atoms with Gasteiger partial charge in [0.15, 0.2) is 0 Å². The van der Waals surface area contributed by atoms with Crippen LogP contribution in [-0.4, -0.2) is 35.1 Å². The molecule has 2 heterocycles. The zero-order valence-electron chi connectivity index (χ0n) is 9.17. The second-order valence-corrected chi connectivity index (χ2v) is 5.55. The van der Waals surface area contributed by atoms with Crippen molar-refractivity contribution in [3.63, 3.8) is 0 Å². The van der Waals surface area contributed by atoms with Crippen molar-refractivity contribution in [3.8, 4) is 0 Å². The van der Waals surface area contributed by atoms with Crippen LogP contribution >= 0.6 is 11.6 Å². The molecule has 0 fully saturated rings. The van der Waals surface area contributed by atoms with E-state index in [2.05, 4.69) is 24.9 Å². The molecule has 18 heavy (non-hydrogen) atoms. The van der Waals surface area contributed by atoms with Crippen LogP contribution in [0.15, 0.2) is 29.6 Å². The van der Waals surface area contributed by atoms with Crippen LogP contribution in [-0.2, 0) is 16.4 Å². The van der Waals surface area contributed by atoms with Gasteiger partial charge in [-0.15, -0.1) is 0 Å². The van der Waals surface area contributed by atoms with E-state index >= 15 is 0 Å². The van der Waals surface area contributed by atoms with Gasteiger partial charge in [-0.3, -0.25) is 5.10 Å². The van der Waals surface area contributed by atoms with Gasteiger partial charge in [-0.1, -0.05) is 11.6 Å². The summed E-state index contributed by atoms with van der Waals surface area (Å²) >= 11 is 5.59. The van der Waals surface area contributed by atoms with Crippen LogP contribution in [0.1, 0.15) is 5.82 Å². The van der Waals surface area contributed by atoms with Crippen molar-refractivity contribution in [1.82, 2.24) is 24.9 Å². The molecule has 9 heteroatoms. The molecule has 0 aliphatic rings. The van der Waals surface area contributed by atoms with Crippen molar-refractivity contribution in [2.45, 2.75) is 11.3 Å². The number of halogens is 1. The summed E-state index contributed by atoms with van der Waals surface area (Å²) in [5, 5.41) is 6.56. The Bertz CT molecular complexity index is 596. The highest BCUT2D eigenvalue weighted by Gasteiger charge is 2.13. The molecule has 0 atom stereocenters. The van der Waals surface area contributed by atoms with E-state index in [0.29, 0.717) is 12.2 Å². The molecule has 0 saturated carbocycles. The molecule has 0 aliphatic carbocycles. The Morgan fingerprint density at radius 1 is 1.33 bits per heavy atom. The molecule has 0 amide bonds. The van der Waals surface area contributed by atoms with Crippen molar-refractivity contribution in [2.24, 2.45) is 0 Å². The maximum absolute atomic E-state index is 11.8. The maximum Gasteiger partial charge on any atom is 0.242 e. The predicted octanol–water partition coefficient (Wildman–Crippen LogP) is 0.374. The zero-order chi connectivity index (χ0) is 13.0. The van der Waals surface area contributed by atoms with E-state index in [9.17, 15) is 8.42 Å². The summed E-state index contributed by atoms with van der Waals surface area (Å²) in [5.41, 5.74) is 0. The number of pyridine rings is 1. The molecule has 2 aromatic rings. The summed E-state index contributed by atoms with van der Waals surface area (Å²) in [5.74, 6) is 0.618. The van der Waals surface area contributed by atoms with E-state index in [-0.39, 0.29) is 16.6 Å². The second-order valence-electron chi connectivity index (χ2n) is 3.40. The Morgan fingerprint density at radius 2 is 2.17 bits per heavy atom. The summed E-state index contributed by atoms with van der Waals surface area (Å²) in [6.07, 6.45) is 3.01. The summed E-state index contributed by atoms with van der Waals surface area (Å²) in [7, 11) is -3.56. The molecule has 2 aromatic heterocycles. The number of sulfonamides is 1. The lowest BCUT2D eigenvalue weighted by Crippen LogP contribution is -2.26. The molecule has 2 rings (SSSR count). The average Bonchev–Trinajstić information content (AvgIpc) is 2.82. The standard InChI is InChI=1S/C9H10ClN5O2S/c10-8-2-1-7(5-11-8)18(16,17)14-4-3-9-12-6-13-15-9/h1-2,5-6,14H,3-4H2,(H,12,13,15). The minimum absolute atomic E-state index is 0.0736. The van der Waals surface area contributed by atoms with E-state index in [4.69, 9.17) is 11.6 Å². The van der Waals surface area contributed by atoms with Crippen molar-refractivity contribution in [1.29, 1.82) is 0 Å². The number of aromatic amines is 1. The van der Waals surface area contributed by atoms with Crippen molar-refractivity contribution >= 4 is 21.6 Å². The fourth-order valence-electron chi connectivity index (χ4n) is 1.26. The van der Waals surface area contributed by atoms with Gasteiger partial charge >= 0.3 is 0 Å². The Kier molecular flexibility index (Phi) is 3.90. The third-order valence-corrected chi connectivity index (χ3v) is 3.80. The summed E-state index contributed by atoms with van der Waals surface area (Å²) in [6, 6.07) is 2.82. The molecule has 0 aliphatic heterocycles. The van der Waals surface area contributed by atoms with Gasteiger partial charge in [0.05, 0.1) is 0 Å². The molecular formula is C9H10ClN5O2S. The number of aromatic nitrogens is 4. The Labute approximate surface area is 109 Å². The first-order chi connectivity index (χ1) is 8.58. The minimum Gasteiger partial charge on any atom is -0.263 e. The van der Waals surface area contributed by atoms with E-state index in [1.165, 1.54) is 24.7 Å². The Balaban J connectivity index is 1.97. The molecule has 0 saturated heterocycles. The fraction of sp³-hybridized carbons (Fsp3) is 0.222. The quantitative estimate of drug-likeness (QED) is 0.774. The summed E-state index contributed by atoms with van der Waals surface area (Å²) < 4.78 is 26.1. The number of hydrogen-bond donors (Lipinski definition) is 2. The van der Waals surface area contributed by atoms with E-state index in [1.807, 2.05) is 0 Å². The lowest BCUT2D eigenvalue weighted by molar-refractivity contribution is 0.580. The Hall–Kier alpha value is -1.51. The molecule has 2 N–H and O–H groups in total. The first kappa shape index (κ1) is 12.9. The fourth-order valence-corrected chi connectivity index (χ4v) is 2.35. The van der Waals surface area contributed by atoms with Gasteiger partial charge in [0.2, 0.25) is 10.0 Å². The number of hydrogen-bond acceptors (Lipinski definition) is 5. The lowest BCUT2D eigenvalue weighted by atomic mass is 10.4. The van der Waals surface area contributed by atoms with Gasteiger partial charge in [-0.05, 0) is 12.1 Å². The smallest absolute Gasteiger partial charge is 0.242 e. The first-order valence-electron chi connectivity index (χ1n) is 5.03. The summed E-state index contributed by atoms with van der Waals surface area (Å²) in [6.45, 7) is 0.222. The SMILES string of the molecule is O=S(=O)(NCCc1ncn[nH]1)c1ccc(Cl)nc1. The highest BCUT2D eigenvalue weighted by Crippen LogP contribution is 2.10. The molecule has 0 radical (unpaired) electrons. The van der Waals surface area contributed by atoms with E-state index < -0.39 is 10.0 Å². The second kappa shape index (κ2) is 5.42. The average molecular weight is 288 g/mol. The van der Waals surface area contributed by atoms with Crippen LogP contribution in [0.25, 0.3) is 0 Å². The molecule has 96 valence electrons. The van der Waals surface area contributed by atoms with Crippen LogP contribution in [0.4, 0.5) is 0 Å². The first-order valence-corrected chi connectivity index (χ1v) is 6.89. The highest BCUT2D eigenvalue weighted by atomic mass is 35.5. The molecule has 7 nitrogen and oxygen atoms in total. The topological polar surface area (TPSA) is 101 Å². The number of nitrogens with one attached hydrogen (secondary N) is 2. The maximum atomic E-state index is 11.8. The molecule has 0 spiro atoms. The van der Waals surface area contributed by atoms with Crippen LogP contribution in [0.5, 0.6) is 0 Å². The molecular weight excluding hydrogens is 278 g/mol. The molecule has 0 unspecified atom stereocenters. The molecule has 0 aromatic carbocycles. The number of nitrogens with zero attached hydrogens (tertiary/aromatic N) is 3. The predicted molar refractivity (Wildman–Crippen MR) is 64.5 cm³/mol. The third kappa shape index (κ3) is 3.25. The van der Waals surface area contributed by atoms with Gasteiger partial charge in [0, 0.05) is 19.2 Å². The zero-order valence-corrected chi connectivity index (χ0v) is 10.7. The van der Waals surface area contributed by atoms with Crippen molar-refractivity contribution in [3.05, 3.63) is 35.6 Å². The largest absolute Gasteiger partial charge is 0.263 e. The monoisotopic (exact) mass is 287 g/mol. The number of rotatable bonds is 5. The van der Waals surface area contributed by atoms with Crippen LogP contribution in [0, 0.1) is 0 Å². The van der Waals surface area contributed by atoms with Gasteiger partial charge < -0.3 is 0 Å². The van der Waals surface area contributed by atoms with Gasteiger partial charge in [0.1, 0.15) is 22.2 Å². The molecule has 0 bridgehead atoms. The normalized spacial score (nSPS) is 11.6. The van der Waals surface area contributed by atoms with Crippen LogP contribution in [0.2, 0.25) is 5.15 Å². The van der Waals surface area contributed by atoms with Gasteiger partial charge in [-0.2, -0.15) is 5.10 Å². The van der Waals surface area contributed by atoms with Crippen molar-refractivity contribution in [2.75, 3.05) is 6.54 Å². The Morgan fingerprint density at radius 3 is 2.78 bits per heavy atom. The van der Waals surface area contributed by atoms with Gasteiger partial charge in [0.25, 0.3) is 0 Å². The van der Waals surface area contributed by atoms with Crippen LogP contribution < -0.4 is 4.72 Å². The summed E-state index contributed by atoms with van der Waals surface area (Å²) in [4.78, 5) is 7.68. The van der Waals surface area contributed by atoms with E-state index in [0.717, 1.165) is 0 Å². The lowest BCUT2D eigenvalue weighted by Gasteiger charge is -2.05. The number of H-pyrrole nitrogens is 1. The minimum atomic E-state index is -3.56.